The van der Waals surface area contributed by atoms with Gasteiger partial charge >= 0.3 is 0 Å². The van der Waals surface area contributed by atoms with Crippen LogP contribution >= 0.6 is 11.8 Å². The van der Waals surface area contributed by atoms with E-state index in [1.165, 1.54) is 30.4 Å². The average molecular weight is 424 g/mol. The molecule has 1 saturated carbocycles. The van der Waals surface area contributed by atoms with E-state index in [0.717, 1.165) is 40.6 Å². The van der Waals surface area contributed by atoms with Gasteiger partial charge in [0.15, 0.2) is 0 Å². The monoisotopic (exact) mass is 423 g/mol. The van der Waals surface area contributed by atoms with Crippen LogP contribution in [0.5, 0.6) is 0 Å². The van der Waals surface area contributed by atoms with Crippen LogP contribution in [-0.2, 0) is 4.79 Å². The molecule has 2 aromatic heterocycles. The third-order valence-corrected chi connectivity index (χ3v) is 5.23. The molecular weight excluding hydrogens is 390 g/mol. The zero-order valence-electron chi connectivity index (χ0n) is 18.6. The minimum atomic E-state index is 0.525. The Bertz CT molecular complexity index is 926. The van der Waals surface area contributed by atoms with Gasteiger partial charge in [0.1, 0.15) is 5.82 Å². The van der Waals surface area contributed by atoms with Crippen molar-refractivity contribution >= 4 is 40.3 Å². The Labute approximate surface area is 185 Å². The van der Waals surface area contributed by atoms with Gasteiger partial charge in [-0.1, -0.05) is 50.0 Å². The van der Waals surface area contributed by atoms with E-state index < -0.39 is 0 Å². The van der Waals surface area contributed by atoms with Crippen molar-refractivity contribution in [3.05, 3.63) is 59.6 Å². The molecule has 160 valence electrons. The first-order chi connectivity index (χ1) is 14.6. The molecular formula is C25H33N3OS. The van der Waals surface area contributed by atoms with Crippen LogP contribution in [0.4, 0.5) is 5.82 Å². The molecule has 1 N–H and O–H groups in total. The van der Waals surface area contributed by atoms with Gasteiger partial charge < -0.3 is 5.32 Å². The number of rotatable bonds is 9. The summed E-state index contributed by atoms with van der Waals surface area (Å²) in [4.78, 5) is 19.5. The number of carbonyl (C=O) groups is 1. The fraction of sp³-hybridized carbons (Fsp3) is 0.400. The van der Waals surface area contributed by atoms with Gasteiger partial charge in [-0.3, -0.25) is 9.78 Å². The van der Waals surface area contributed by atoms with Crippen LogP contribution < -0.4 is 5.32 Å². The van der Waals surface area contributed by atoms with E-state index in [1.807, 2.05) is 37.0 Å². The fourth-order valence-corrected chi connectivity index (χ4v) is 3.41. The molecule has 1 aliphatic carbocycles. The minimum absolute atomic E-state index is 0.525. The highest BCUT2D eigenvalue weighted by molar-refractivity contribution is 7.98. The smallest absolute Gasteiger partial charge is 0.212 e. The number of hydrogen-bond donors (Lipinski definition) is 1. The van der Waals surface area contributed by atoms with Crippen molar-refractivity contribution in [1.82, 2.24) is 9.97 Å². The van der Waals surface area contributed by atoms with Gasteiger partial charge in [-0.15, -0.1) is 0 Å². The molecule has 30 heavy (non-hydrogen) atoms. The van der Waals surface area contributed by atoms with E-state index >= 15 is 0 Å². The second-order valence-corrected chi connectivity index (χ2v) is 8.25. The molecule has 0 aromatic carbocycles. The van der Waals surface area contributed by atoms with Crippen LogP contribution in [-0.4, -0.2) is 28.4 Å². The summed E-state index contributed by atoms with van der Waals surface area (Å²) in [5.74, 6) is 1.65. The second-order valence-electron chi connectivity index (χ2n) is 7.27. The summed E-state index contributed by atoms with van der Waals surface area (Å²) in [7, 11) is 0. The Morgan fingerprint density at radius 2 is 1.87 bits per heavy atom. The number of nitrogens with zero attached hydrogens (tertiary/aromatic N) is 2. The molecule has 2 aromatic rings. The number of anilines is 1. The van der Waals surface area contributed by atoms with E-state index in [-0.39, 0.29) is 0 Å². The first-order valence-electron chi connectivity index (χ1n) is 10.6. The van der Waals surface area contributed by atoms with Crippen LogP contribution in [0.25, 0.3) is 16.3 Å². The third kappa shape index (κ3) is 7.79. The number of thioether (sulfide) groups is 1. The van der Waals surface area contributed by atoms with Crippen molar-refractivity contribution in [3.8, 4) is 0 Å². The molecule has 3 rings (SSSR count). The summed E-state index contributed by atoms with van der Waals surface area (Å²) < 4.78 is 0. The molecule has 5 heteroatoms. The maximum atomic E-state index is 10.6. The minimum Gasteiger partial charge on any atom is -0.313 e. The lowest BCUT2D eigenvalue weighted by atomic mass is 9.98. The third-order valence-electron chi connectivity index (χ3n) is 4.62. The molecule has 0 unspecified atom stereocenters. The molecule has 1 amide bonds. The first-order valence-corrected chi connectivity index (χ1v) is 12.0. The topological polar surface area (TPSA) is 54.9 Å². The van der Waals surface area contributed by atoms with Gasteiger partial charge in [-0.05, 0) is 62.0 Å². The predicted molar refractivity (Wildman–Crippen MR) is 132 cm³/mol. The standard InChI is InChI=1S/C22H27N3OS.C3H6/c1-5-7-17(8-9-27-4)10-16(3)20(6-2)21-11-18-14-24-22(25-15-26)12-19(18)13-23-21;1-2-3-1/h6-7,10-15H,5,8-9H2,1-4H3,(H,24,25,26);1-3H2/b16-10-,17-7+,20-6+;. The highest BCUT2D eigenvalue weighted by atomic mass is 32.2. The molecule has 0 aliphatic heterocycles. The number of pyridine rings is 2. The maximum Gasteiger partial charge on any atom is 0.212 e. The molecule has 1 fully saturated rings. The maximum absolute atomic E-state index is 10.6. The lowest BCUT2D eigenvalue weighted by Crippen LogP contribution is -1.97. The Morgan fingerprint density at radius 3 is 2.47 bits per heavy atom. The molecule has 0 bridgehead atoms. The fourth-order valence-electron chi connectivity index (χ4n) is 2.97. The van der Waals surface area contributed by atoms with Gasteiger partial charge in [0.2, 0.25) is 6.41 Å². The van der Waals surface area contributed by atoms with Crippen LogP contribution in [0.2, 0.25) is 0 Å². The van der Waals surface area contributed by atoms with Crippen LogP contribution in [0, 0.1) is 0 Å². The summed E-state index contributed by atoms with van der Waals surface area (Å²) in [5, 5.41) is 4.51. The molecule has 2 heterocycles. The molecule has 1 aliphatic rings. The summed E-state index contributed by atoms with van der Waals surface area (Å²) in [6, 6.07) is 3.87. The largest absolute Gasteiger partial charge is 0.313 e. The van der Waals surface area contributed by atoms with Crippen molar-refractivity contribution in [3.63, 3.8) is 0 Å². The number of carbonyl (C=O) groups excluding carboxylic acids is 1. The molecule has 4 nitrogen and oxygen atoms in total. The van der Waals surface area contributed by atoms with Crippen LogP contribution in [0.3, 0.4) is 0 Å². The summed E-state index contributed by atoms with van der Waals surface area (Å²) >= 11 is 1.87. The Hall–Kier alpha value is -2.40. The van der Waals surface area contributed by atoms with Crippen molar-refractivity contribution < 1.29 is 4.79 Å². The van der Waals surface area contributed by atoms with E-state index in [2.05, 4.69) is 53.6 Å². The van der Waals surface area contributed by atoms with Gasteiger partial charge in [0.25, 0.3) is 0 Å². The van der Waals surface area contributed by atoms with Crippen molar-refractivity contribution in [2.24, 2.45) is 0 Å². The normalized spacial score (nSPS) is 14.2. The lowest BCUT2D eigenvalue weighted by Gasteiger charge is -2.11. The number of fused-ring (bicyclic) bond motifs is 1. The zero-order chi connectivity index (χ0) is 21.8. The van der Waals surface area contributed by atoms with Gasteiger partial charge in [-0.2, -0.15) is 11.8 Å². The van der Waals surface area contributed by atoms with Gasteiger partial charge in [0, 0.05) is 23.2 Å². The van der Waals surface area contributed by atoms with E-state index in [9.17, 15) is 4.79 Å². The predicted octanol–water partition coefficient (Wildman–Crippen LogP) is 6.81. The average Bonchev–Trinajstić information content (AvgIpc) is 3.62. The summed E-state index contributed by atoms with van der Waals surface area (Å²) in [5.41, 5.74) is 4.63. The van der Waals surface area contributed by atoms with Gasteiger partial charge in [-0.25, -0.2) is 4.98 Å². The van der Waals surface area contributed by atoms with Crippen LogP contribution in [0.15, 0.2) is 53.9 Å². The second kappa shape index (κ2) is 13.0. The SMILES string of the molecule is C1CC1.C\C=C(/C(C)=C\C(=C\CC)CCSC)c1cc2cnc(NC=O)cc2cn1. The number of nitrogens with one attached hydrogen (secondary N) is 1. The highest BCUT2D eigenvalue weighted by Crippen LogP contribution is 2.26. The van der Waals surface area contributed by atoms with Crippen molar-refractivity contribution in [2.75, 3.05) is 17.3 Å². The number of amides is 1. The number of aromatic nitrogens is 2. The number of allylic oxidation sites excluding steroid dienone is 6. The lowest BCUT2D eigenvalue weighted by molar-refractivity contribution is -0.105. The zero-order valence-corrected chi connectivity index (χ0v) is 19.4. The van der Waals surface area contributed by atoms with E-state index in [4.69, 9.17) is 0 Å². The number of hydrogen-bond acceptors (Lipinski definition) is 4. The molecule has 0 radical (unpaired) electrons. The van der Waals surface area contributed by atoms with E-state index in [0.29, 0.717) is 12.2 Å². The molecule has 0 spiro atoms. The van der Waals surface area contributed by atoms with Gasteiger partial charge in [0.05, 0.1) is 5.69 Å². The summed E-state index contributed by atoms with van der Waals surface area (Å²) in [6.07, 6.45) is 19.6. The van der Waals surface area contributed by atoms with Crippen molar-refractivity contribution in [1.29, 1.82) is 0 Å². The molecule has 0 atom stereocenters. The first kappa shape index (κ1) is 23.9. The van der Waals surface area contributed by atoms with Crippen LogP contribution in [0.1, 0.15) is 58.6 Å². The molecule has 0 saturated heterocycles. The Morgan fingerprint density at radius 1 is 1.17 bits per heavy atom. The van der Waals surface area contributed by atoms with Crippen molar-refractivity contribution in [2.45, 2.75) is 52.9 Å². The quantitative estimate of drug-likeness (QED) is 0.356. The highest BCUT2D eigenvalue weighted by Gasteiger charge is 2.08. The Kier molecular flexibility index (Phi) is 10.4. The Balaban J connectivity index is 0.000000976. The summed E-state index contributed by atoms with van der Waals surface area (Å²) in [6.45, 7) is 6.35. The van der Waals surface area contributed by atoms with E-state index in [1.54, 1.807) is 6.20 Å².